The summed E-state index contributed by atoms with van der Waals surface area (Å²) in [6.07, 6.45) is 0.236. The van der Waals surface area contributed by atoms with Gasteiger partial charge in [0, 0.05) is 26.6 Å². The van der Waals surface area contributed by atoms with Crippen LogP contribution in [-0.2, 0) is 26.6 Å². The molecule has 9 nitrogen and oxygen atoms in total. The first-order chi connectivity index (χ1) is 12.3. The predicted molar refractivity (Wildman–Crippen MR) is 99.6 cm³/mol. The molecule has 1 aromatic carbocycles. The molecule has 1 aliphatic heterocycles. The fraction of sp³-hybridized carbons (Fsp3) is 0.500. The van der Waals surface area contributed by atoms with Crippen LogP contribution in [0.4, 0.5) is 11.5 Å². The van der Waals surface area contributed by atoms with E-state index in [1.807, 2.05) is 25.2 Å². The molecule has 3 rings (SSSR count). The Kier molecular flexibility index (Phi) is 5.44. The number of aromatic nitrogens is 2. The third-order valence-electron chi connectivity index (χ3n) is 4.30. The Labute approximate surface area is 152 Å². The Morgan fingerprint density at radius 2 is 2.08 bits per heavy atom. The third-order valence-corrected chi connectivity index (χ3v) is 5.16. The highest BCUT2D eigenvalue weighted by Gasteiger charge is 2.20. The predicted octanol–water partition coefficient (Wildman–Crippen LogP) is 0.417. The van der Waals surface area contributed by atoms with E-state index >= 15 is 0 Å². The summed E-state index contributed by atoms with van der Waals surface area (Å²) in [4.78, 5) is 14.4. The molecule has 1 aromatic heterocycles. The number of ether oxygens (including phenoxy) is 1. The number of hydrogen-bond donors (Lipinski definition) is 2. The lowest BCUT2D eigenvalue weighted by atomic mass is 10.1. The summed E-state index contributed by atoms with van der Waals surface area (Å²) in [5, 5.41) is 13.1. The fourth-order valence-corrected chi connectivity index (χ4v) is 3.62. The van der Waals surface area contributed by atoms with Gasteiger partial charge >= 0.3 is 0 Å². The molecule has 1 saturated heterocycles. The Morgan fingerprint density at radius 1 is 1.35 bits per heavy atom. The number of aryl methyl sites for hydroxylation is 1. The van der Waals surface area contributed by atoms with Crippen LogP contribution in [0.5, 0.6) is 0 Å². The van der Waals surface area contributed by atoms with Crippen molar-refractivity contribution in [1.29, 1.82) is 0 Å². The molecule has 0 spiro atoms. The van der Waals surface area contributed by atoms with E-state index in [9.17, 15) is 13.2 Å². The van der Waals surface area contributed by atoms with E-state index in [-0.39, 0.29) is 24.5 Å². The van der Waals surface area contributed by atoms with Crippen molar-refractivity contribution < 1.29 is 17.9 Å². The van der Waals surface area contributed by atoms with Gasteiger partial charge in [-0.1, -0.05) is 6.07 Å². The first kappa shape index (κ1) is 18.6. The summed E-state index contributed by atoms with van der Waals surface area (Å²) < 4.78 is 29.1. The van der Waals surface area contributed by atoms with E-state index in [1.54, 1.807) is 4.68 Å². The number of nitrogens with one attached hydrogen (secondary N) is 1. The largest absolute Gasteiger partial charge is 0.378 e. The standard InChI is InChI=1S/C16H23N5O4S/c1-20-12-4-2-5-13(21-7-9-25-10-8-21)15(12)16(19-20)18-14(22)6-3-11-26(17,23)24/h2,4-5H,3,6-11H2,1H3,(H2,17,23,24)(H,18,19,22). The average molecular weight is 381 g/mol. The number of nitrogens with zero attached hydrogens (tertiary/aromatic N) is 3. The monoisotopic (exact) mass is 381 g/mol. The van der Waals surface area contributed by atoms with Gasteiger partial charge in [-0.3, -0.25) is 9.48 Å². The summed E-state index contributed by atoms with van der Waals surface area (Å²) in [7, 11) is -1.74. The van der Waals surface area contributed by atoms with E-state index in [4.69, 9.17) is 9.88 Å². The smallest absolute Gasteiger partial charge is 0.225 e. The number of fused-ring (bicyclic) bond motifs is 1. The highest BCUT2D eigenvalue weighted by atomic mass is 32.2. The molecule has 0 bridgehead atoms. The van der Waals surface area contributed by atoms with Crippen molar-refractivity contribution in [2.75, 3.05) is 42.3 Å². The Morgan fingerprint density at radius 3 is 2.77 bits per heavy atom. The number of rotatable bonds is 6. The molecule has 1 aliphatic rings. The van der Waals surface area contributed by atoms with Crippen LogP contribution >= 0.6 is 0 Å². The van der Waals surface area contributed by atoms with E-state index < -0.39 is 10.0 Å². The third kappa shape index (κ3) is 4.32. The molecule has 10 heteroatoms. The number of amides is 1. The van der Waals surface area contributed by atoms with Gasteiger partial charge in [0.2, 0.25) is 15.9 Å². The van der Waals surface area contributed by atoms with Gasteiger partial charge in [0.1, 0.15) is 0 Å². The van der Waals surface area contributed by atoms with E-state index in [2.05, 4.69) is 15.3 Å². The molecular weight excluding hydrogens is 358 g/mol. The molecule has 142 valence electrons. The lowest BCUT2D eigenvalue weighted by Gasteiger charge is -2.29. The van der Waals surface area contributed by atoms with Crippen molar-refractivity contribution >= 4 is 38.3 Å². The lowest BCUT2D eigenvalue weighted by molar-refractivity contribution is -0.116. The molecule has 0 radical (unpaired) electrons. The van der Waals surface area contributed by atoms with E-state index in [1.165, 1.54) is 0 Å². The van der Waals surface area contributed by atoms with Crippen LogP contribution in [0.15, 0.2) is 18.2 Å². The maximum Gasteiger partial charge on any atom is 0.225 e. The minimum Gasteiger partial charge on any atom is -0.378 e. The van der Waals surface area contributed by atoms with Gasteiger partial charge in [0.15, 0.2) is 5.82 Å². The second-order valence-electron chi connectivity index (χ2n) is 6.26. The van der Waals surface area contributed by atoms with Crippen molar-refractivity contribution in [2.45, 2.75) is 12.8 Å². The molecule has 26 heavy (non-hydrogen) atoms. The second-order valence-corrected chi connectivity index (χ2v) is 8.00. The number of carbonyl (C=O) groups is 1. The van der Waals surface area contributed by atoms with Crippen molar-refractivity contribution in [3.8, 4) is 0 Å². The Bertz CT molecular complexity index is 903. The second kappa shape index (κ2) is 7.60. The number of primary sulfonamides is 1. The van der Waals surface area contributed by atoms with Gasteiger partial charge < -0.3 is 15.0 Å². The first-order valence-corrected chi connectivity index (χ1v) is 10.2. The molecule has 0 atom stereocenters. The van der Waals surface area contributed by atoms with Crippen LogP contribution in [-0.4, -0.2) is 56.2 Å². The van der Waals surface area contributed by atoms with Gasteiger partial charge in [-0.25, -0.2) is 13.6 Å². The lowest BCUT2D eigenvalue weighted by Crippen LogP contribution is -2.36. The highest BCUT2D eigenvalue weighted by molar-refractivity contribution is 7.89. The molecule has 2 heterocycles. The maximum atomic E-state index is 12.2. The van der Waals surface area contributed by atoms with Crippen LogP contribution in [0.3, 0.4) is 0 Å². The van der Waals surface area contributed by atoms with E-state index in [0.717, 1.165) is 29.7 Å². The van der Waals surface area contributed by atoms with Crippen LogP contribution in [0.1, 0.15) is 12.8 Å². The molecular formula is C16H23N5O4S. The molecule has 3 N–H and O–H groups in total. The minimum atomic E-state index is -3.56. The number of hydrogen-bond acceptors (Lipinski definition) is 6. The van der Waals surface area contributed by atoms with E-state index in [0.29, 0.717) is 19.0 Å². The number of carbonyl (C=O) groups excluding carboxylic acids is 1. The molecule has 1 amide bonds. The molecule has 0 unspecified atom stereocenters. The molecule has 0 aliphatic carbocycles. The Hall–Kier alpha value is -2.17. The zero-order valence-electron chi connectivity index (χ0n) is 14.6. The van der Waals surface area contributed by atoms with Gasteiger partial charge in [-0.2, -0.15) is 5.10 Å². The average Bonchev–Trinajstić information content (AvgIpc) is 2.90. The first-order valence-electron chi connectivity index (χ1n) is 8.44. The zero-order chi connectivity index (χ0) is 18.7. The van der Waals surface area contributed by atoms with Gasteiger partial charge in [0.25, 0.3) is 0 Å². The number of morpholine rings is 1. The highest BCUT2D eigenvalue weighted by Crippen LogP contribution is 2.33. The summed E-state index contributed by atoms with van der Waals surface area (Å²) >= 11 is 0. The number of anilines is 2. The topological polar surface area (TPSA) is 120 Å². The summed E-state index contributed by atoms with van der Waals surface area (Å²) in [5.74, 6) is -0.0294. The SMILES string of the molecule is Cn1nc(NC(=O)CCCS(N)(=O)=O)c2c(N3CCOCC3)cccc21. The van der Waals surface area contributed by atoms with Crippen molar-refractivity contribution in [2.24, 2.45) is 12.2 Å². The van der Waals surface area contributed by atoms with Gasteiger partial charge in [-0.15, -0.1) is 0 Å². The summed E-state index contributed by atoms with van der Waals surface area (Å²) in [6, 6.07) is 5.92. The summed E-state index contributed by atoms with van der Waals surface area (Å²) in [6.45, 7) is 2.86. The molecule has 0 saturated carbocycles. The van der Waals surface area contributed by atoms with Crippen molar-refractivity contribution in [3.63, 3.8) is 0 Å². The molecule has 1 fully saturated rings. The number of sulfonamides is 1. The zero-order valence-corrected chi connectivity index (χ0v) is 15.5. The van der Waals surface area contributed by atoms with Crippen molar-refractivity contribution in [1.82, 2.24) is 9.78 Å². The Balaban J connectivity index is 1.82. The minimum absolute atomic E-state index is 0.0637. The van der Waals surface area contributed by atoms with Crippen LogP contribution in [0, 0.1) is 0 Å². The van der Waals surface area contributed by atoms with Crippen LogP contribution < -0.4 is 15.4 Å². The normalized spacial score (nSPS) is 15.4. The quantitative estimate of drug-likeness (QED) is 0.748. The number of nitrogens with two attached hydrogens (primary N) is 1. The van der Waals surface area contributed by atoms with Gasteiger partial charge in [-0.05, 0) is 18.6 Å². The fourth-order valence-electron chi connectivity index (χ4n) is 3.08. The van der Waals surface area contributed by atoms with Crippen LogP contribution in [0.2, 0.25) is 0 Å². The maximum absolute atomic E-state index is 12.2. The van der Waals surface area contributed by atoms with Crippen molar-refractivity contribution in [3.05, 3.63) is 18.2 Å². The number of benzene rings is 1. The molecule has 2 aromatic rings. The van der Waals surface area contributed by atoms with Crippen LogP contribution in [0.25, 0.3) is 10.9 Å². The van der Waals surface area contributed by atoms with Gasteiger partial charge in [0.05, 0.1) is 35.6 Å². The summed E-state index contributed by atoms with van der Waals surface area (Å²) in [5.41, 5.74) is 1.91.